The summed E-state index contributed by atoms with van der Waals surface area (Å²) in [7, 11) is 0. The normalized spacial score (nSPS) is 31.7. The van der Waals surface area contributed by atoms with Crippen molar-refractivity contribution in [3.8, 4) is 16.3 Å². The van der Waals surface area contributed by atoms with Crippen LogP contribution in [0.25, 0.3) is 10.6 Å². The number of benzene rings is 1. The van der Waals surface area contributed by atoms with Crippen LogP contribution in [0.15, 0.2) is 24.4 Å². The van der Waals surface area contributed by atoms with Crippen molar-refractivity contribution in [2.75, 3.05) is 19.8 Å². The number of aryl methyl sites for hydroxylation is 1. The van der Waals surface area contributed by atoms with Crippen LogP contribution in [-0.4, -0.2) is 58.7 Å². The number of thiazole rings is 1. The molecule has 150 valence electrons. The summed E-state index contributed by atoms with van der Waals surface area (Å²) in [6.45, 7) is 8.75. The van der Waals surface area contributed by atoms with E-state index < -0.39 is 6.29 Å². The largest absolute Gasteiger partial charge is 0.490 e. The average molecular weight is 403 g/mol. The Morgan fingerprint density at radius 2 is 2.21 bits per heavy atom. The van der Waals surface area contributed by atoms with Crippen LogP contribution in [0.2, 0.25) is 0 Å². The van der Waals surface area contributed by atoms with E-state index in [1.807, 2.05) is 31.3 Å². The van der Waals surface area contributed by atoms with Gasteiger partial charge in [-0.3, -0.25) is 4.90 Å². The maximum Gasteiger partial charge on any atom is 0.186 e. The van der Waals surface area contributed by atoms with Gasteiger partial charge in [-0.2, -0.15) is 0 Å². The van der Waals surface area contributed by atoms with Gasteiger partial charge in [-0.1, -0.05) is 0 Å². The number of epoxide rings is 1. The van der Waals surface area contributed by atoms with Crippen molar-refractivity contribution in [2.45, 2.75) is 57.3 Å². The summed E-state index contributed by atoms with van der Waals surface area (Å²) in [4.78, 5) is 8.18. The van der Waals surface area contributed by atoms with Gasteiger partial charge >= 0.3 is 0 Å². The number of aromatic nitrogens is 1. The van der Waals surface area contributed by atoms with Crippen LogP contribution in [0.3, 0.4) is 0 Å². The van der Waals surface area contributed by atoms with E-state index in [1.165, 1.54) is 0 Å². The molecule has 1 aromatic carbocycles. The van der Waals surface area contributed by atoms with Gasteiger partial charge in [-0.15, -0.1) is 11.3 Å². The second kappa shape index (κ2) is 6.78. The summed E-state index contributed by atoms with van der Waals surface area (Å²) < 4.78 is 17.6. The highest BCUT2D eigenvalue weighted by molar-refractivity contribution is 7.14. The van der Waals surface area contributed by atoms with E-state index in [0.717, 1.165) is 46.3 Å². The molecule has 1 aromatic heterocycles. The highest BCUT2D eigenvalue weighted by Gasteiger charge is 2.52. The van der Waals surface area contributed by atoms with Crippen LogP contribution in [0.4, 0.5) is 0 Å². The monoisotopic (exact) mass is 402 g/mol. The minimum Gasteiger partial charge on any atom is -0.490 e. The van der Waals surface area contributed by atoms with Crippen molar-refractivity contribution in [2.24, 2.45) is 0 Å². The summed E-state index contributed by atoms with van der Waals surface area (Å²) in [6.07, 6.45) is 1.89. The topological polar surface area (TPSA) is 67.4 Å². The summed E-state index contributed by atoms with van der Waals surface area (Å²) >= 11 is 1.65. The molecular weight excluding hydrogens is 376 g/mol. The Morgan fingerprint density at radius 1 is 1.39 bits per heavy atom. The second-order valence-corrected chi connectivity index (χ2v) is 9.66. The molecule has 4 unspecified atom stereocenters. The predicted molar refractivity (Wildman–Crippen MR) is 107 cm³/mol. The lowest BCUT2D eigenvalue weighted by Gasteiger charge is -2.35. The smallest absolute Gasteiger partial charge is 0.186 e. The molecule has 0 radical (unpaired) electrons. The molecule has 0 spiro atoms. The SMILES string of the molecule is Cc1cnc(-c2cc(OCC34CC(CO3)N(C(C)C)C4)cc(C3OC3O)c2)s1. The molecule has 4 heterocycles. The van der Waals surface area contributed by atoms with Gasteiger partial charge < -0.3 is 19.3 Å². The fourth-order valence-electron chi connectivity index (χ4n) is 4.40. The van der Waals surface area contributed by atoms with Crippen LogP contribution < -0.4 is 4.74 Å². The fourth-order valence-corrected chi connectivity index (χ4v) is 5.15. The van der Waals surface area contributed by atoms with Gasteiger partial charge in [0.1, 0.15) is 29.1 Å². The predicted octanol–water partition coefficient (Wildman–Crippen LogP) is 3.14. The third kappa shape index (κ3) is 3.35. The van der Waals surface area contributed by atoms with E-state index in [1.54, 1.807) is 11.3 Å². The zero-order chi connectivity index (χ0) is 19.5. The zero-order valence-electron chi connectivity index (χ0n) is 16.4. The second-order valence-electron chi connectivity index (χ2n) is 8.42. The maximum atomic E-state index is 9.70. The van der Waals surface area contributed by atoms with Gasteiger partial charge in [0.15, 0.2) is 6.29 Å². The maximum absolute atomic E-state index is 9.70. The molecule has 2 bridgehead atoms. The summed E-state index contributed by atoms with van der Waals surface area (Å²) in [6, 6.07) is 7.03. The Kier molecular flexibility index (Phi) is 4.48. The number of nitrogens with zero attached hydrogens (tertiary/aromatic N) is 2. The van der Waals surface area contributed by atoms with Crippen LogP contribution in [-0.2, 0) is 9.47 Å². The van der Waals surface area contributed by atoms with Crippen molar-refractivity contribution >= 4 is 11.3 Å². The Balaban J connectivity index is 1.37. The number of likely N-dealkylation sites (tertiary alicyclic amines) is 1. The molecule has 6 nitrogen and oxygen atoms in total. The van der Waals surface area contributed by atoms with Gasteiger partial charge in [0.05, 0.1) is 6.61 Å². The molecule has 3 saturated heterocycles. The number of hydrogen-bond acceptors (Lipinski definition) is 7. The van der Waals surface area contributed by atoms with Crippen molar-refractivity contribution in [3.63, 3.8) is 0 Å². The van der Waals surface area contributed by atoms with Crippen LogP contribution >= 0.6 is 11.3 Å². The number of ether oxygens (including phenoxy) is 3. The molecule has 1 N–H and O–H groups in total. The average Bonchev–Trinajstić information content (AvgIpc) is 3.05. The molecule has 3 fully saturated rings. The minimum atomic E-state index is -0.729. The van der Waals surface area contributed by atoms with Gasteiger partial charge in [0, 0.05) is 35.3 Å². The van der Waals surface area contributed by atoms with Crippen LogP contribution in [0.1, 0.15) is 36.8 Å². The Hall–Kier alpha value is -1.51. The lowest BCUT2D eigenvalue weighted by Crippen LogP contribution is -2.48. The van der Waals surface area contributed by atoms with E-state index >= 15 is 0 Å². The van der Waals surface area contributed by atoms with Crippen LogP contribution in [0, 0.1) is 6.92 Å². The Bertz CT molecular complexity index is 885. The Morgan fingerprint density at radius 3 is 2.86 bits per heavy atom. The fraction of sp³-hybridized carbons (Fsp3) is 0.571. The standard InChI is InChI=1S/C21H26N2O4S/c1-12(2)23-10-21(7-16(23)9-26-21)11-25-17-5-14(18-20(24)27-18)4-15(6-17)19-22-8-13(3)28-19/h4-6,8,12,16,18,20,24H,7,9-11H2,1-3H3. The molecule has 0 saturated carbocycles. The molecule has 4 atom stereocenters. The van der Waals surface area contributed by atoms with E-state index in [4.69, 9.17) is 14.2 Å². The molecule has 28 heavy (non-hydrogen) atoms. The lowest BCUT2D eigenvalue weighted by molar-refractivity contribution is -0.0736. The van der Waals surface area contributed by atoms with Gasteiger partial charge in [-0.25, -0.2) is 4.98 Å². The van der Waals surface area contributed by atoms with Crippen LogP contribution in [0.5, 0.6) is 5.75 Å². The summed E-state index contributed by atoms with van der Waals surface area (Å²) in [5.74, 6) is 0.771. The van der Waals surface area contributed by atoms with Gasteiger partial charge in [-0.05, 0) is 51.0 Å². The Labute approximate surface area is 169 Å². The number of aliphatic hydroxyl groups is 1. The third-order valence-corrected chi connectivity index (χ3v) is 6.85. The summed E-state index contributed by atoms with van der Waals surface area (Å²) in [5.41, 5.74) is 1.69. The summed E-state index contributed by atoms with van der Waals surface area (Å²) in [5, 5.41) is 10.6. The highest BCUT2D eigenvalue weighted by Crippen LogP contribution is 2.42. The zero-order valence-corrected chi connectivity index (χ0v) is 17.2. The third-order valence-electron chi connectivity index (χ3n) is 5.89. The molecule has 7 heteroatoms. The van der Waals surface area contributed by atoms with Crippen molar-refractivity contribution < 1.29 is 19.3 Å². The quantitative estimate of drug-likeness (QED) is 0.749. The van der Waals surface area contributed by atoms with E-state index in [2.05, 4.69) is 23.7 Å². The lowest BCUT2D eigenvalue weighted by atomic mass is 10.0. The number of rotatable bonds is 6. The first-order valence-corrected chi connectivity index (χ1v) is 10.7. The number of aliphatic hydroxyl groups excluding tert-OH is 1. The van der Waals surface area contributed by atoms with E-state index in [9.17, 15) is 5.11 Å². The molecule has 3 aliphatic heterocycles. The molecular formula is C21H26N2O4S. The number of morpholine rings is 1. The first-order valence-electron chi connectivity index (χ1n) is 9.86. The first-order chi connectivity index (χ1) is 13.4. The van der Waals surface area contributed by atoms with Gasteiger partial charge in [0.2, 0.25) is 0 Å². The van der Waals surface area contributed by atoms with E-state index in [-0.39, 0.29) is 11.7 Å². The first kappa shape index (κ1) is 18.5. The van der Waals surface area contributed by atoms with Crippen molar-refractivity contribution in [1.29, 1.82) is 0 Å². The molecule has 2 aromatic rings. The number of hydrogen-bond donors (Lipinski definition) is 1. The minimum absolute atomic E-state index is 0.224. The molecule has 5 rings (SSSR count). The van der Waals surface area contributed by atoms with Gasteiger partial charge in [0.25, 0.3) is 0 Å². The molecule has 0 amide bonds. The van der Waals surface area contributed by atoms with Crippen molar-refractivity contribution in [3.05, 3.63) is 34.8 Å². The molecule has 0 aliphatic carbocycles. The van der Waals surface area contributed by atoms with E-state index in [0.29, 0.717) is 18.7 Å². The number of fused-ring (bicyclic) bond motifs is 2. The van der Waals surface area contributed by atoms with Crippen molar-refractivity contribution in [1.82, 2.24) is 9.88 Å². The molecule has 3 aliphatic rings. The highest BCUT2D eigenvalue weighted by atomic mass is 32.1.